The lowest BCUT2D eigenvalue weighted by Gasteiger charge is -2.33. The number of rotatable bonds is 2. The largest absolute Gasteiger partial charge is 0.326 e. The highest BCUT2D eigenvalue weighted by Gasteiger charge is 2.31. The van der Waals surface area contributed by atoms with Crippen LogP contribution in [0, 0.1) is 0 Å². The van der Waals surface area contributed by atoms with E-state index in [0.717, 1.165) is 17.7 Å². The van der Waals surface area contributed by atoms with Gasteiger partial charge >= 0.3 is 0 Å². The maximum Gasteiger partial charge on any atom is 0.243 e. The second-order valence-electron chi connectivity index (χ2n) is 5.89. The maximum atomic E-state index is 12.8. The number of nitrogens with zero attached hydrogens (tertiary/aromatic N) is 1. The average Bonchev–Trinajstić information content (AvgIpc) is 2.67. The maximum absolute atomic E-state index is 12.8. The minimum Gasteiger partial charge on any atom is -0.326 e. The molecule has 2 aliphatic heterocycles. The van der Waals surface area contributed by atoms with Gasteiger partial charge in [0.05, 0.1) is 4.90 Å². The van der Waals surface area contributed by atoms with Crippen LogP contribution in [-0.4, -0.2) is 44.3 Å². The van der Waals surface area contributed by atoms with E-state index in [1.54, 1.807) is 22.5 Å². The number of aryl methyl sites for hydroxylation is 1. The Hall–Kier alpha value is -1.15. The smallest absolute Gasteiger partial charge is 0.243 e. The summed E-state index contributed by atoms with van der Waals surface area (Å²) in [6.07, 6.45) is 1.94. The van der Waals surface area contributed by atoms with Crippen LogP contribution in [0.5, 0.6) is 0 Å². The van der Waals surface area contributed by atoms with Crippen LogP contribution in [0.3, 0.4) is 0 Å². The van der Waals surface area contributed by atoms with Crippen molar-refractivity contribution in [2.24, 2.45) is 0 Å². The molecule has 0 bridgehead atoms. The molecule has 0 aromatic heterocycles. The summed E-state index contributed by atoms with van der Waals surface area (Å²) in [5.74, 6) is -0.00918. The summed E-state index contributed by atoms with van der Waals surface area (Å²) >= 11 is 0. The molecule has 0 aliphatic carbocycles. The lowest BCUT2D eigenvalue weighted by atomic mass is 10.1. The van der Waals surface area contributed by atoms with Crippen molar-refractivity contribution in [3.8, 4) is 0 Å². The summed E-state index contributed by atoms with van der Waals surface area (Å²) in [5, 5.41) is 6.03. The van der Waals surface area contributed by atoms with E-state index in [0.29, 0.717) is 37.4 Å². The molecule has 0 saturated carbocycles. The zero-order chi connectivity index (χ0) is 15.7. The molecular formula is C15H22ClN3O3S. The molecule has 1 unspecified atom stereocenters. The van der Waals surface area contributed by atoms with Gasteiger partial charge in [-0.15, -0.1) is 12.4 Å². The van der Waals surface area contributed by atoms with E-state index in [4.69, 9.17) is 0 Å². The fourth-order valence-corrected chi connectivity index (χ4v) is 4.71. The van der Waals surface area contributed by atoms with Gasteiger partial charge in [-0.2, -0.15) is 4.31 Å². The summed E-state index contributed by atoms with van der Waals surface area (Å²) in [6, 6.07) is 4.95. The van der Waals surface area contributed by atoms with Crippen LogP contribution in [-0.2, 0) is 21.2 Å². The monoisotopic (exact) mass is 359 g/mol. The van der Waals surface area contributed by atoms with Crippen LogP contribution >= 0.6 is 12.4 Å². The van der Waals surface area contributed by atoms with Gasteiger partial charge in [-0.3, -0.25) is 4.79 Å². The quantitative estimate of drug-likeness (QED) is 0.835. The molecule has 6 nitrogen and oxygen atoms in total. The Balaban J connectivity index is 0.00000192. The number of amides is 1. The fourth-order valence-electron chi connectivity index (χ4n) is 3.03. The lowest BCUT2D eigenvalue weighted by Crippen LogP contribution is -2.52. The molecule has 1 aromatic carbocycles. The van der Waals surface area contributed by atoms with Crippen LogP contribution in [0.25, 0.3) is 0 Å². The van der Waals surface area contributed by atoms with Crippen LogP contribution < -0.4 is 10.6 Å². The Bertz CT molecular complexity index is 693. The van der Waals surface area contributed by atoms with Gasteiger partial charge in [-0.25, -0.2) is 8.42 Å². The van der Waals surface area contributed by atoms with Gasteiger partial charge in [-0.1, -0.05) is 0 Å². The Morgan fingerprint density at radius 1 is 1.26 bits per heavy atom. The molecule has 1 fully saturated rings. The van der Waals surface area contributed by atoms with E-state index in [2.05, 4.69) is 10.6 Å². The number of anilines is 1. The van der Waals surface area contributed by atoms with Crippen molar-refractivity contribution in [3.05, 3.63) is 23.8 Å². The van der Waals surface area contributed by atoms with Gasteiger partial charge in [0, 0.05) is 37.8 Å². The van der Waals surface area contributed by atoms with Gasteiger partial charge in [-0.05, 0) is 43.5 Å². The number of benzene rings is 1. The number of piperazine rings is 1. The Labute approximate surface area is 143 Å². The number of nitrogens with one attached hydrogen (secondary N) is 2. The van der Waals surface area contributed by atoms with Gasteiger partial charge in [0.1, 0.15) is 0 Å². The van der Waals surface area contributed by atoms with Gasteiger partial charge in [0.2, 0.25) is 15.9 Å². The third kappa shape index (κ3) is 3.68. The summed E-state index contributed by atoms with van der Waals surface area (Å²) in [5.41, 5.74) is 1.63. The van der Waals surface area contributed by atoms with E-state index < -0.39 is 10.0 Å². The molecule has 1 atom stereocenters. The van der Waals surface area contributed by atoms with Crippen molar-refractivity contribution in [3.63, 3.8) is 0 Å². The first-order valence-corrected chi connectivity index (χ1v) is 9.08. The summed E-state index contributed by atoms with van der Waals surface area (Å²) < 4.78 is 27.2. The van der Waals surface area contributed by atoms with Crippen molar-refractivity contribution in [2.75, 3.05) is 25.0 Å². The highest BCUT2D eigenvalue weighted by molar-refractivity contribution is 7.89. The van der Waals surface area contributed by atoms with Crippen LogP contribution in [0.15, 0.2) is 23.1 Å². The summed E-state index contributed by atoms with van der Waals surface area (Å²) in [4.78, 5) is 11.9. The van der Waals surface area contributed by atoms with E-state index >= 15 is 0 Å². The first-order chi connectivity index (χ1) is 10.5. The number of fused-ring (bicyclic) bond motifs is 1. The predicted octanol–water partition coefficient (Wildman–Crippen LogP) is 1.37. The molecule has 2 N–H and O–H groups in total. The molecule has 1 saturated heterocycles. The van der Waals surface area contributed by atoms with Crippen LogP contribution in [0.2, 0.25) is 0 Å². The van der Waals surface area contributed by atoms with E-state index in [1.165, 1.54) is 0 Å². The molecule has 2 heterocycles. The molecule has 23 heavy (non-hydrogen) atoms. The Morgan fingerprint density at radius 3 is 2.78 bits per heavy atom. The first-order valence-electron chi connectivity index (χ1n) is 7.64. The zero-order valence-electron chi connectivity index (χ0n) is 13.0. The van der Waals surface area contributed by atoms with Crippen LogP contribution in [0.4, 0.5) is 5.69 Å². The molecular weight excluding hydrogens is 338 g/mol. The predicted molar refractivity (Wildman–Crippen MR) is 91.5 cm³/mol. The van der Waals surface area contributed by atoms with Crippen LogP contribution in [0.1, 0.15) is 25.3 Å². The Kier molecular flexibility index (Phi) is 5.67. The minimum absolute atomic E-state index is 0. The normalized spacial score (nSPS) is 22.5. The van der Waals surface area contributed by atoms with Crippen molar-refractivity contribution >= 4 is 34.0 Å². The van der Waals surface area contributed by atoms with Crippen molar-refractivity contribution in [1.29, 1.82) is 0 Å². The molecule has 1 amide bonds. The molecule has 3 rings (SSSR count). The molecule has 2 aliphatic rings. The highest BCUT2D eigenvalue weighted by Crippen LogP contribution is 2.27. The minimum atomic E-state index is -3.49. The third-order valence-electron chi connectivity index (χ3n) is 4.25. The molecule has 1 aromatic rings. The third-order valence-corrected chi connectivity index (χ3v) is 6.26. The fraction of sp³-hybridized carbons (Fsp3) is 0.533. The molecule has 8 heteroatoms. The second kappa shape index (κ2) is 7.17. The van der Waals surface area contributed by atoms with E-state index in [-0.39, 0.29) is 24.4 Å². The topological polar surface area (TPSA) is 78.5 Å². The van der Waals surface area contributed by atoms with Gasteiger partial charge in [0.15, 0.2) is 0 Å². The number of hydrogen-bond acceptors (Lipinski definition) is 4. The highest BCUT2D eigenvalue weighted by atomic mass is 35.5. The van der Waals surface area contributed by atoms with Crippen molar-refractivity contribution < 1.29 is 13.2 Å². The average molecular weight is 360 g/mol. The SMILES string of the molecule is CC1CNCCN1S(=O)(=O)c1ccc2c(c1)CCCC(=O)N2.Cl. The standard InChI is InChI=1S/C15H21N3O3S.ClH/c1-11-10-16-7-8-18(11)22(20,21)13-5-6-14-12(9-13)3-2-4-15(19)17-14;/h5-6,9,11,16H,2-4,7-8,10H2,1H3,(H,17,19);1H. The van der Waals surface area contributed by atoms with Gasteiger partial charge < -0.3 is 10.6 Å². The van der Waals surface area contributed by atoms with Crippen molar-refractivity contribution in [2.45, 2.75) is 37.1 Å². The second-order valence-corrected chi connectivity index (χ2v) is 7.78. The molecule has 128 valence electrons. The number of carbonyl (C=O) groups excluding carboxylic acids is 1. The van der Waals surface area contributed by atoms with Crippen molar-refractivity contribution in [1.82, 2.24) is 9.62 Å². The van der Waals surface area contributed by atoms with E-state index in [9.17, 15) is 13.2 Å². The molecule has 0 radical (unpaired) electrons. The Morgan fingerprint density at radius 2 is 2.04 bits per heavy atom. The number of hydrogen-bond donors (Lipinski definition) is 2. The number of halogens is 1. The zero-order valence-corrected chi connectivity index (χ0v) is 14.7. The lowest BCUT2D eigenvalue weighted by molar-refractivity contribution is -0.116. The number of sulfonamides is 1. The summed E-state index contributed by atoms with van der Waals surface area (Å²) in [7, 11) is -3.49. The van der Waals surface area contributed by atoms with E-state index in [1.807, 2.05) is 6.92 Å². The van der Waals surface area contributed by atoms with Gasteiger partial charge in [0.25, 0.3) is 0 Å². The molecule has 0 spiro atoms. The number of carbonyl (C=O) groups is 1. The first kappa shape index (κ1) is 18.2. The summed E-state index contributed by atoms with van der Waals surface area (Å²) in [6.45, 7) is 3.73.